The summed E-state index contributed by atoms with van der Waals surface area (Å²) >= 11 is 6.02. The lowest BCUT2D eigenvalue weighted by Crippen LogP contribution is -2.08. The molecule has 1 N–H and O–H groups in total. The molecular formula is C15H24ClN3. The molecule has 3 nitrogen and oxygen atoms in total. The number of hydrogen-bond acceptors (Lipinski definition) is 3. The number of nitrogens with one attached hydrogen (secondary N) is 1. The first kappa shape index (κ1) is 14.6. The van der Waals surface area contributed by atoms with E-state index in [0.717, 1.165) is 24.1 Å². The van der Waals surface area contributed by atoms with Gasteiger partial charge in [0.05, 0.1) is 0 Å². The van der Waals surface area contributed by atoms with E-state index in [1.807, 2.05) is 6.07 Å². The third kappa shape index (κ3) is 4.64. The molecule has 0 saturated heterocycles. The zero-order valence-corrected chi connectivity index (χ0v) is 12.7. The van der Waals surface area contributed by atoms with Crippen LogP contribution in [0.25, 0.3) is 0 Å². The van der Waals surface area contributed by atoms with Crippen molar-refractivity contribution in [2.45, 2.75) is 58.3 Å². The Bertz CT molecular complexity index is 400. The Kier molecular flexibility index (Phi) is 5.44. The van der Waals surface area contributed by atoms with Gasteiger partial charge < -0.3 is 5.32 Å². The third-order valence-corrected chi connectivity index (χ3v) is 3.99. The molecule has 19 heavy (non-hydrogen) atoms. The highest BCUT2D eigenvalue weighted by molar-refractivity contribution is 6.29. The van der Waals surface area contributed by atoms with Crippen molar-refractivity contribution in [2.75, 3.05) is 11.9 Å². The molecule has 0 spiro atoms. The normalized spacial score (nSPS) is 16.2. The molecule has 1 saturated carbocycles. The van der Waals surface area contributed by atoms with E-state index < -0.39 is 0 Å². The number of hydrogen-bond donors (Lipinski definition) is 1. The van der Waals surface area contributed by atoms with E-state index in [2.05, 4.69) is 29.1 Å². The zero-order chi connectivity index (χ0) is 13.7. The summed E-state index contributed by atoms with van der Waals surface area (Å²) in [6.07, 6.45) is 8.26. The Balaban J connectivity index is 1.78. The van der Waals surface area contributed by atoms with E-state index in [4.69, 9.17) is 11.6 Å². The van der Waals surface area contributed by atoms with Crippen molar-refractivity contribution in [3.8, 4) is 0 Å². The summed E-state index contributed by atoms with van der Waals surface area (Å²) < 4.78 is 0. The number of nitrogens with zero attached hydrogens (tertiary/aromatic N) is 2. The van der Waals surface area contributed by atoms with Crippen LogP contribution in [-0.2, 0) is 0 Å². The van der Waals surface area contributed by atoms with Crippen LogP contribution in [0, 0.1) is 5.92 Å². The summed E-state index contributed by atoms with van der Waals surface area (Å²) in [5.74, 6) is 2.93. The van der Waals surface area contributed by atoms with Gasteiger partial charge in [0.25, 0.3) is 0 Å². The maximum absolute atomic E-state index is 6.02. The number of rotatable bonds is 6. The van der Waals surface area contributed by atoms with Crippen molar-refractivity contribution in [1.82, 2.24) is 9.97 Å². The number of halogens is 1. The molecular weight excluding hydrogens is 258 g/mol. The maximum atomic E-state index is 6.02. The molecule has 1 fully saturated rings. The fourth-order valence-electron chi connectivity index (χ4n) is 2.69. The Morgan fingerprint density at radius 2 is 2.05 bits per heavy atom. The Hall–Kier alpha value is -0.830. The predicted molar refractivity (Wildman–Crippen MR) is 80.8 cm³/mol. The van der Waals surface area contributed by atoms with Crippen molar-refractivity contribution < 1.29 is 0 Å². The number of aromatic nitrogens is 2. The average molecular weight is 282 g/mol. The summed E-state index contributed by atoms with van der Waals surface area (Å²) in [4.78, 5) is 8.73. The van der Waals surface area contributed by atoms with Gasteiger partial charge >= 0.3 is 0 Å². The second-order valence-corrected chi connectivity index (χ2v) is 6.20. The van der Waals surface area contributed by atoms with Gasteiger partial charge in [-0.05, 0) is 18.8 Å². The van der Waals surface area contributed by atoms with Gasteiger partial charge in [0.15, 0.2) is 0 Å². The van der Waals surface area contributed by atoms with Gasteiger partial charge in [-0.15, -0.1) is 0 Å². The second kappa shape index (κ2) is 7.09. The maximum Gasteiger partial charge on any atom is 0.135 e. The number of anilines is 1. The summed E-state index contributed by atoms with van der Waals surface area (Å²) in [5.41, 5.74) is 0. The van der Waals surface area contributed by atoms with Crippen molar-refractivity contribution in [1.29, 1.82) is 0 Å². The fourth-order valence-corrected chi connectivity index (χ4v) is 2.88. The minimum atomic E-state index is 0.303. The summed E-state index contributed by atoms with van der Waals surface area (Å²) in [6, 6.07) is 1.81. The van der Waals surface area contributed by atoms with Gasteiger partial charge in [-0.25, -0.2) is 9.97 Å². The molecule has 0 aromatic carbocycles. The smallest absolute Gasteiger partial charge is 0.135 e. The lowest BCUT2D eigenvalue weighted by molar-refractivity contribution is 0.491. The summed E-state index contributed by atoms with van der Waals surface area (Å²) in [5, 5.41) is 3.89. The van der Waals surface area contributed by atoms with E-state index in [1.54, 1.807) is 0 Å². The lowest BCUT2D eigenvalue weighted by Gasteiger charge is -2.11. The van der Waals surface area contributed by atoms with E-state index in [-0.39, 0.29) is 0 Å². The van der Waals surface area contributed by atoms with Crippen molar-refractivity contribution in [3.05, 3.63) is 17.0 Å². The van der Waals surface area contributed by atoms with Gasteiger partial charge in [-0.1, -0.05) is 51.1 Å². The van der Waals surface area contributed by atoms with Crippen molar-refractivity contribution in [3.63, 3.8) is 0 Å². The highest BCUT2D eigenvalue weighted by atomic mass is 35.5. The lowest BCUT2D eigenvalue weighted by atomic mass is 10.0. The van der Waals surface area contributed by atoms with Gasteiger partial charge in [0, 0.05) is 18.5 Å². The first-order valence-corrected chi connectivity index (χ1v) is 7.81. The quantitative estimate of drug-likeness (QED) is 0.610. The van der Waals surface area contributed by atoms with Crippen molar-refractivity contribution >= 4 is 17.4 Å². The highest BCUT2D eigenvalue weighted by Gasteiger charge is 2.14. The summed E-state index contributed by atoms with van der Waals surface area (Å²) in [7, 11) is 0. The SMILES string of the molecule is CC(C)c1nc(Cl)cc(NCCCC2CCCC2)n1. The van der Waals surface area contributed by atoms with Crippen LogP contribution in [0.1, 0.15) is 64.1 Å². The molecule has 1 aliphatic rings. The van der Waals surface area contributed by atoms with Crippen LogP contribution in [0.5, 0.6) is 0 Å². The van der Waals surface area contributed by atoms with Crippen LogP contribution in [-0.4, -0.2) is 16.5 Å². The molecule has 1 aromatic rings. The van der Waals surface area contributed by atoms with Gasteiger partial charge in [-0.3, -0.25) is 0 Å². The molecule has 106 valence electrons. The zero-order valence-electron chi connectivity index (χ0n) is 12.0. The van der Waals surface area contributed by atoms with E-state index in [9.17, 15) is 0 Å². The van der Waals surface area contributed by atoms with Crippen LogP contribution in [0.3, 0.4) is 0 Å². The minimum absolute atomic E-state index is 0.303. The highest BCUT2D eigenvalue weighted by Crippen LogP contribution is 2.28. The molecule has 0 radical (unpaired) electrons. The predicted octanol–water partition coefficient (Wildman–Crippen LogP) is 4.64. The Morgan fingerprint density at radius 3 is 2.74 bits per heavy atom. The first-order chi connectivity index (χ1) is 9.15. The van der Waals surface area contributed by atoms with E-state index >= 15 is 0 Å². The van der Waals surface area contributed by atoms with Crippen LogP contribution >= 0.6 is 11.6 Å². The fraction of sp³-hybridized carbons (Fsp3) is 0.733. The topological polar surface area (TPSA) is 37.8 Å². The molecule has 1 aromatic heterocycles. The van der Waals surface area contributed by atoms with Crippen molar-refractivity contribution in [2.24, 2.45) is 5.92 Å². The van der Waals surface area contributed by atoms with Gasteiger partial charge in [0.1, 0.15) is 16.8 Å². The molecule has 0 aliphatic heterocycles. The average Bonchev–Trinajstić information content (AvgIpc) is 2.87. The molecule has 2 rings (SSSR count). The Labute approximate surface area is 121 Å². The second-order valence-electron chi connectivity index (χ2n) is 5.81. The molecule has 4 heteroatoms. The molecule has 0 unspecified atom stereocenters. The minimum Gasteiger partial charge on any atom is -0.370 e. The van der Waals surface area contributed by atoms with Crippen LogP contribution in [0.15, 0.2) is 6.07 Å². The first-order valence-electron chi connectivity index (χ1n) is 7.43. The van der Waals surface area contributed by atoms with E-state index in [0.29, 0.717) is 11.1 Å². The molecule has 1 heterocycles. The molecule has 1 aliphatic carbocycles. The Morgan fingerprint density at radius 1 is 1.32 bits per heavy atom. The van der Waals surface area contributed by atoms with Gasteiger partial charge in [-0.2, -0.15) is 0 Å². The largest absolute Gasteiger partial charge is 0.370 e. The molecule has 0 bridgehead atoms. The third-order valence-electron chi connectivity index (χ3n) is 3.80. The van der Waals surface area contributed by atoms with Crippen LogP contribution < -0.4 is 5.32 Å². The van der Waals surface area contributed by atoms with Crippen LogP contribution in [0.2, 0.25) is 5.15 Å². The standard InChI is InChI=1S/C15H24ClN3/c1-11(2)15-18-13(16)10-14(19-15)17-9-5-8-12-6-3-4-7-12/h10-12H,3-9H2,1-2H3,(H,17,18,19). The van der Waals surface area contributed by atoms with E-state index in [1.165, 1.54) is 38.5 Å². The van der Waals surface area contributed by atoms with Gasteiger partial charge in [0.2, 0.25) is 0 Å². The molecule has 0 atom stereocenters. The monoisotopic (exact) mass is 281 g/mol. The molecule has 0 amide bonds. The van der Waals surface area contributed by atoms with Crippen LogP contribution in [0.4, 0.5) is 5.82 Å². The summed E-state index contributed by atoms with van der Waals surface area (Å²) in [6.45, 7) is 5.13.